The van der Waals surface area contributed by atoms with E-state index in [4.69, 9.17) is 5.26 Å². The first-order chi connectivity index (χ1) is 8.69. The van der Waals surface area contributed by atoms with Gasteiger partial charge in [0.15, 0.2) is 0 Å². The molecule has 0 fully saturated rings. The van der Waals surface area contributed by atoms with Crippen molar-refractivity contribution in [3.63, 3.8) is 0 Å². The normalized spacial score (nSPS) is 9.83. The van der Waals surface area contributed by atoms with Gasteiger partial charge in [0.1, 0.15) is 5.82 Å². The van der Waals surface area contributed by atoms with Gasteiger partial charge in [0.05, 0.1) is 11.6 Å². The Bertz CT molecular complexity index is 582. The van der Waals surface area contributed by atoms with Gasteiger partial charge in [-0.15, -0.1) is 0 Å². The van der Waals surface area contributed by atoms with Gasteiger partial charge in [-0.1, -0.05) is 12.1 Å². The Labute approximate surface area is 106 Å². The summed E-state index contributed by atoms with van der Waals surface area (Å²) < 4.78 is 13.1. The van der Waals surface area contributed by atoms with Crippen LogP contribution in [0.5, 0.6) is 0 Å². The van der Waals surface area contributed by atoms with Gasteiger partial charge in [0, 0.05) is 12.2 Å². The van der Waals surface area contributed by atoms with E-state index in [1.54, 1.807) is 31.2 Å². The zero-order valence-electron chi connectivity index (χ0n) is 10.1. The second-order valence-electron chi connectivity index (χ2n) is 4.13. The minimum Gasteiger partial charge on any atom is -0.381 e. The van der Waals surface area contributed by atoms with Crippen molar-refractivity contribution in [1.29, 1.82) is 5.26 Å². The molecule has 2 aromatic rings. The Hall–Kier alpha value is -2.34. The van der Waals surface area contributed by atoms with Crippen molar-refractivity contribution in [3.8, 4) is 6.07 Å². The number of nitrogens with zero attached hydrogens (tertiary/aromatic N) is 1. The third-order valence-electron chi connectivity index (χ3n) is 2.74. The van der Waals surface area contributed by atoms with Crippen molar-refractivity contribution >= 4 is 5.69 Å². The van der Waals surface area contributed by atoms with Crippen LogP contribution < -0.4 is 5.32 Å². The molecule has 2 nitrogen and oxygen atoms in total. The summed E-state index contributed by atoms with van der Waals surface area (Å²) in [5.74, 6) is -0.195. The van der Waals surface area contributed by atoms with Gasteiger partial charge in [-0.05, 0) is 48.4 Å². The fraction of sp³-hybridized carbons (Fsp3) is 0.133. The van der Waals surface area contributed by atoms with E-state index in [1.807, 2.05) is 12.1 Å². The van der Waals surface area contributed by atoms with Crippen LogP contribution >= 0.6 is 0 Å². The molecule has 0 radical (unpaired) electrons. The van der Waals surface area contributed by atoms with Gasteiger partial charge in [0.25, 0.3) is 0 Å². The SMILES string of the molecule is Cc1cc(NCc2ccc(C#N)cc2)ccc1F. The predicted molar refractivity (Wildman–Crippen MR) is 69.6 cm³/mol. The lowest BCUT2D eigenvalue weighted by molar-refractivity contribution is 0.618. The summed E-state index contributed by atoms with van der Waals surface area (Å²) in [5.41, 5.74) is 3.24. The maximum Gasteiger partial charge on any atom is 0.126 e. The lowest BCUT2D eigenvalue weighted by Crippen LogP contribution is -2.00. The number of aryl methyl sites for hydroxylation is 1. The second kappa shape index (κ2) is 5.33. The number of anilines is 1. The molecule has 2 aromatic carbocycles. The Kier molecular flexibility index (Phi) is 3.59. The zero-order chi connectivity index (χ0) is 13.0. The van der Waals surface area contributed by atoms with Crippen LogP contribution in [0.2, 0.25) is 0 Å². The molecule has 0 amide bonds. The Morgan fingerprint density at radius 3 is 2.50 bits per heavy atom. The monoisotopic (exact) mass is 240 g/mol. The van der Waals surface area contributed by atoms with E-state index in [0.29, 0.717) is 17.7 Å². The van der Waals surface area contributed by atoms with E-state index in [9.17, 15) is 4.39 Å². The smallest absolute Gasteiger partial charge is 0.126 e. The molecule has 1 N–H and O–H groups in total. The number of rotatable bonds is 3. The second-order valence-corrected chi connectivity index (χ2v) is 4.13. The number of halogens is 1. The molecule has 0 aliphatic rings. The zero-order valence-corrected chi connectivity index (χ0v) is 10.1. The average Bonchev–Trinajstić information content (AvgIpc) is 2.41. The first-order valence-corrected chi connectivity index (χ1v) is 5.68. The molecular formula is C15H13FN2. The van der Waals surface area contributed by atoms with E-state index >= 15 is 0 Å². The molecule has 0 spiro atoms. The van der Waals surface area contributed by atoms with Crippen LogP contribution in [0.3, 0.4) is 0 Å². The number of hydrogen-bond acceptors (Lipinski definition) is 2. The fourth-order valence-electron chi connectivity index (χ4n) is 1.66. The van der Waals surface area contributed by atoms with Crippen LogP contribution in [0, 0.1) is 24.1 Å². The van der Waals surface area contributed by atoms with Crippen LogP contribution in [0.25, 0.3) is 0 Å². The Balaban J connectivity index is 2.02. The minimum atomic E-state index is -0.195. The third-order valence-corrected chi connectivity index (χ3v) is 2.74. The highest BCUT2D eigenvalue weighted by Crippen LogP contribution is 2.14. The van der Waals surface area contributed by atoms with Crippen LogP contribution in [-0.4, -0.2) is 0 Å². The molecular weight excluding hydrogens is 227 g/mol. The molecule has 2 rings (SSSR count). The molecule has 90 valence electrons. The molecule has 18 heavy (non-hydrogen) atoms. The number of hydrogen-bond donors (Lipinski definition) is 1. The lowest BCUT2D eigenvalue weighted by atomic mass is 10.1. The van der Waals surface area contributed by atoms with E-state index < -0.39 is 0 Å². The fourth-order valence-corrected chi connectivity index (χ4v) is 1.66. The molecule has 0 heterocycles. The molecule has 0 aliphatic heterocycles. The summed E-state index contributed by atoms with van der Waals surface area (Å²) in [5, 5.41) is 11.9. The van der Waals surface area contributed by atoms with Gasteiger partial charge in [-0.25, -0.2) is 4.39 Å². The van der Waals surface area contributed by atoms with Gasteiger partial charge < -0.3 is 5.32 Å². The van der Waals surface area contributed by atoms with Crippen LogP contribution in [0.1, 0.15) is 16.7 Å². The first kappa shape index (κ1) is 12.1. The maximum absolute atomic E-state index is 13.1. The van der Waals surface area contributed by atoms with Crippen molar-refractivity contribution in [1.82, 2.24) is 0 Å². The summed E-state index contributed by atoms with van der Waals surface area (Å²) in [6.45, 7) is 2.39. The highest BCUT2D eigenvalue weighted by molar-refractivity contribution is 5.46. The average molecular weight is 240 g/mol. The van der Waals surface area contributed by atoms with Crippen LogP contribution in [0.15, 0.2) is 42.5 Å². The van der Waals surface area contributed by atoms with Crippen molar-refractivity contribution in [2.75, 3.05) is 5.32 Å². The van der Waals surface area contributed by atoms with Crippen molar-refractivity contribution in [2.45, 2.75) is 13.5 Å². The molecule has 0 saturated carbocycles. The largest absolute Gasteiger partial charge is 0.381 e. The van der Waals surface area contributed by atoms with E-state index in [0.717, 1.165) is 11.3 Å². The Morgan fingerprint density at radius 1 is 1.17 bits per heavy atom. The van der Waals surface area contributed by atoms with E-state index in [2.05, 4.69) is 11.4 Å². The highest BCUT2D eigenvalue weighted by atomic mass is 19.1. The summed E-state index contributed by atoms with van der Waals surface area (Å²) in [6, 6.07) is 14.4. The van der Waals surface area contributed by atoms with Crippen LogP contribution in [0.4, 0.5) is 10.1 Å². The van der Waals surface area contributed by atoms with Gasteiger partial charge in [-0.2, -0.15) is 5.26 Å². The maximum atomic E-state index is 13.1. The van der Waals surface area contributed by atoms with Crippen molar-refractivity contribution in [2.24, 2.45) is 0 Å². The van der Waals surface area contributed by atoms with E-state index in [1.165, 1.54) is 6.07 Å². The van der Waals surface area contributed by atoms with Gasteiger partial charge in [0.2, 0.25) is 0 Å². The Morgan fingerprint density at radius 2 is 1.89 bits per heavy atom. The molecule has 0 aliphatic carbocycles. The lowest BCUT2D eigenvalue weighted by Gasteiger charge is -2.07. The van der Waals surface area contributed by atoms with Crippen molar-refractivity contribution < 1.29 is 4.39 Å². The number of nitriles is 1. The number of nitrogens with one attached hydrogen (secondary N) is 1. The molecule has 0 atom stereocenters. The summed E-state index contributed by atoms with van der Waals surface area (Å²) in [7, 11) is 0. The predicted octanol–water partition coefficient (Wildman–Crippen LogP) is 3.62. The highest BCUT2D eigenvalue weighted by Gasteiger charge is 1.99. The third kappa shape index (κ3) is 2.86. The molecule has 0 unspecified atom stereocenters. The minimum absolute atomic E-state index is 0.195. The standard InChI is InChI=1S/C15H13FN2/c1-11-8-14(6-7-15(11)16)18-10-13-4-2-12(9-17)3-5-13/h2-8,18H,10H2,1H3. The first-order valence-electron chi connectivity index (χ1n) is 5.68. The van der Waals surface area contributed by atoms with Crippen LogP contribution in [-0.2, 0) is 6.54 Å². The summed E-state index contributed by atoms with van der Waals surface area (Å²) in [4.78, 5) is 0. The van der Waals surface area contributed by atoms with Gasteiger partial charge >= 0.3 is 0 Å². The molecule has 0 saturated heterocycles. The van der Waals surface area contributed by atoms with Gasteiger partial charge in [-0.3, -0.25) is 0 Å². The summed E-state index contributed by atoms with van der Waals surface area (Å²) >= 11 is 0. The van der Waals surface area contributed by atoms with Crippen molar-refractivity contribution in [3.05, 3.63) is 65.0 Å². The topological polar surface area (TPSA) is 35.8 Å². The molecule has 0 bridgehead atoms. The molecule has 0 aromatic heterocycles. The quantitative estimate of drug-likeness (QED) is 0.889. The van der Waals surface area contributed by atoms with E-state index in [-0.39, 0.29) is 5.82 Å². The number of benzene rings is 2. The molecule has 3 heteroatoms. The summed E-state index contributed by atoms with van der Waals surface area (Å²) in [6.07, 6.45) is 0.